The van der Waals surface area contributed by atoms with Crippen LogP contribution in [0.4, 0.5) is 0 Å². The molecule has 0 atom stereocenters. The summed E-state index contributed by atoms with van der Waals surface area (Å²) in [5.41, 5.74) is 2.45. The smallest absolute Gasteiger partial charge is 0.272 e. The molecule has 0 saturated carbocycles. The van der Waals surface area contributed by atoms with Gasteiger partial charge in [-0.2, -0.15) is 0 Å². The molecular weight excluding hydrogens is 288 g/mol. The van der Waals surface area contributed by atoms with Gasteiger partial charge in [-0.1, -0.05) is 29.3 Å². The predicted molar refractivity (Wildman–Crippen MR) is 82.8 cm³/mol. The van der Waals surface area contributed by atoms with Crippen LogP contribution in [0.5, 0.6) is 5.75 Å². The Morgan fingerprint density at radius 3 is 2.71 bits per heavy atom. The molecule has 5 heteroatoms. The first kappa shape index (κ1) is 15.3. The minimum atomic E-state index is -0.157. The SMILES string of the molecule is COc1ccc(C)cc1CN(C)C(=O)c1ccc(Cl)cn1. The molecule has 1 heterocycles. The van der Waals surface area contributed by atoms with Crippen molar-refractivity contribution in [1.29, 1.82) is 0 Å². The predicted octanol–water partition coefficient (Wildman–Crippen LogP) is 3.32. The number of aryl methyl sites for hydroxylation is 1. The van der Waals surface area contributed by atoms with Crippen molar-refractivity contribution >= 4 is 17.5 Å². The molecule has 1 amide bonds. The zero-order valence-electron chi connectivity index (χ0n) is 12.3. The molecule has 0 unspecified atom stereocenters. The van der Waals surface area contributed by atoms with Gasteiger partial charge >= 0.3 is 0 Å². The summed E-state index contributed by atoms with van der Waals surface area (Å²) in [5.74, 6) is 0.611. The summed E-state index contributed by atoms with van der Waals surface area (Å²) in [5, 5.41) is 0.509. The number of halogens is 1. The van der Waals surface area contributed by atoms with Gasteiger partial charge in [0.2, 0.25) is 0 Å². The molecule has 2 aromatic rings. The van der Waals surface area contributed by atoms with E-state index in [2.05, 4.69) is 4.98 Å². The van der Waals surface area contributed by atoms with E-state index in [0.717, 1.165) is 16.9 Å². The van der Waals surface area contributed by atoms with Crippen molar-refractivity contribution < 1.29 is 9.53 Å². The Labute approximate surface area is 129 Å². The van der Waals surface area contributed by atoms with Crippen molar-refractivity contribution in [2.75, 3.05) is 14.2 Å². The highest BCUT2D eigenvalue weighted by Crippen LogP contribution is 2.21. The number of aromatic nitrogens is 1. The van der Waals surface area contributed by atoms with E-state index in [9.17, 15) is 4.79 Å². The lowest BCUT2D eigenvalue weighted by molar-refractivity contribution is 0.0778. The first-order valence-corrected chi connectivity index (χ1v) is 6.89. The zero-order valence-corrected chi connectivity index (χ0v) is 13.0. The van der Waals surface area contributed by atoms with Gasteiger partial charge in [0.25, 0.3) is 5.91 Å². The normalized spacial score (nSPS) is 10.3. The van der Waals surface area contributed by atoms with Crippen LogP contribution in [-0.4, -0.2) is 29.9 Å². The molecule has 0 radical (unpaired) electrons. The van der Waals surface area contributed by atoms with Crippen LogP contribution in [0.25, 0.3) is 0 Å². The van der Waals surface area contributed by atoms with Crippen molar-refractivity contribution in [2.45, 2.75) is 13.5 Å². The summed E-state index contributed by atoms with van der Waals surface area (Å²) in [6.07, 6.45) is 1.47. The summed E-state index contributed by atoms with van der Waals surface area (Å²) in [6.45, 7) is 2.46. The van der Waals surface area contributed by atoms with Crippen molar-refractivity contribution in [1.82, 2.24) is 9.88 Å². The Bertz CT molecular complexity index is 641. The van der Waals surface area contributed by atoms with E-state index in [0.29, 0.717) is 17.3 Å². The second-order valence-corrected chi connectivity index (χ2v) is 5.27. The fourth-order valence-corrected chi connectivity index (χ4v) is 2.17. The van der Waals surface area contributed by atoms with E-state index in [-0.39, 0.29) is 5.91 Å². The lowest BCUT2D eigenvalue weighted by Crippen LogP contribution is -2.27. The van der Waals surface area contributed by atoms with Gasteiger partial charge in [-0.25, -0.2) is 4.98 Å². The molecule has 4 nitrogen and oxygen atoms in total. The zero-order chi connectivity index (χ0) is 15.4. The van der Waals surface area contributed by atoms with Gasteiger partial charge < -0.3 is 9.64 Å². The largest absolute Gasteiger partial charge is 0.496 e. The Kier molecular flexibility index (Phi) is 4.81. The highest BCUT2D eigenvalue weighted by atomic mass is 35.5. The summed E-state index contributed by atoms with van der Waals surface area (Å²) in [7, 11) is 3.36. The van der Waals surface area contributed by atoms with Crippen LogP contribution in [0.15, 0.2) is 36.5 Å². The van der Waals surface area contributed by atoms with Crippen LogP contribution in [0.1, 0.15) is 21.6 Å². The third kappa shape index (κ3) is 3.73. The second kappa shape index (κ2) is 6.59. The van der Waals surface area contributed by atoms with Gasteiger partial charge in [-0.3, -0.25) is 4.79 Å². The lowest BCUT2D eigenvalue weighted by Gasteiger charge is -2.19. The number of rotatable bonds is 4. The first-order chi connectivity index (χ1) is 10.0. The maximum Gasteiger partial charge on any atom is 0.272 e. The monoisotopic (exact) mass is 304 g/mol. The Hall–Kier alpha value is -2.07. The second-order valence-electron chi connectivity index (χ2n) is 4.84. The number of amides is 1. The number of benzene rings is 1. The molecule has 0 aliphatic carbocycles. The lowest BCUT2D eigenvalue weighted by atomic mass is 10.1. The van der Waals surface area contributed by atoms with Crippen LogP contribution in [0.3, 0.4) is 0 Å². The fourth-order valence-electron chi connectivity index (χ4n) is 2.06. The van der Waals surface area contributed by atoms with Gasteiger partial charge in [0.1, 0.15) is 11.4 Å². The van der Waals surface area contributed by atoms with Gasteiger partial charge in [0.05, 0.1) is 12.1 Å². The van der Waals surface area contributed by atoms with Crippen molar-refractivity contribution in [3.8, 4) is 5.75 Å². The first-order valence-electron chi connectivity index (χ1n) is 6.52. The van der Waals surface area contributed by atoms with E-state index in [1.54, 1.807) is 31.2 Å². The number of hydrogen-bond acceptors (Lipinski definition) is 3. The molecule has 0 aliphatic rings. The molecule has 0 fully saturated rings. The Balaban J connectivity index is 2.17. The van der Waals surface area contributed by atoms with E-state index in [4.69, 9.17) is 16.3 Å². The third-order valence-electron chi connectivity index (χ3n) is 3.14. The van der Waals surface area contributed by atoms with E-state index in [1.165, 1.54) is 6.20 Å². The average Bonchev–Trinajstić information content (AvgIpc) is 2.47. The number of carbonyl (C=O) groups is 1. The molecule has 2 rings (SSSR count). The summed E-state index contributed by atoms with van der Waals surface area (Å²) in [4.78, 5) is 18.0. The third-order valence-corrected chi connectivity index (χ3v) is 3.36. The number of pyridine rings is 1. The van der Waals surface area contributed by atoms with Crippen molar-refractivity contribution in [3.63, 3.8) is 0 Å². The molecule has 0 spiro atoms. The number of ether oxygens (including phenoxy) is 1. The number of nitrogens with zero attached hydrogens (tertiary/aromatic N) is 2. The van der Waals surface area contributed by atoms with E-state index >= 15 is 0 Å². The molecule has 0 N–H and O–H groups in total. The van der Waals surface area contributed by atoms with Gasteiger partial charge in [0, 0.05) is 25.4 Å². The average molecular weight is 305 g/mol. The molecule has 1 aromatic carbocycles. The summed E-state index contributed by atoms with van der Waals surface area (Å²) < 4.78 is 5.33. The Morgan fingerprint density at radius 2 is 2.10 bits per heavy atom. The number of hydrogen-bond donors (Lipinski definition) is 0. The fraction of sp³-hybridized carbons (Fsp3) is 0.250. The summed E-state index contributed by atoms with van der Waals surface area (Å²) in [6, 6.07) is 9.17. The van der Waals surface area contributed by atoms with Crippen LogP contribution < -0.4 is 4.74 Å². The molecule has 0 saturated heterocycles. The van der Waals surface area contributed by atoms with E-state index in [1.807, 2.05) is 25.1 Å². The molecule has 1 aromatic heterocycles. The standard InChI is InChI=1S/C16H17ClN2O2/c1-11-4-7-15(21-3)12(8-11)10-19(2)16(20)14-6-5-13(17)9-18-14/h4-9H,10H2,1-3H3. The van der Waals surface area contributed by atoms with Gasteiger partial charge in [0.15, 0.2) is 0 Å². The Morgan fingerprint density at radius 1 is 1.33 bits per heavy atom. The topological polar surface area (TPSA) is 42.4 Å². The van der Waals surface area contributed by atoms with Crippen LogP contribution >= 0.6 is 11.6 Å². The van der Waals surface area contributed by atoms with E-state index < -0.39 is 0 Å². The van der Waals surface area contributed by atoms with Crippen molar-refractivity contribution in [3.05, 3.63) is 58.4 Å². The van der Waals surface area contributed by atoms with Crippen LogP contribution in [0, 0.1) is 6.92 Å². The number of carbonyl (C=O) groups excluding carboxylic acids is 1. The van der Waals surface area contributed by atoms with Gasteiger partial charge in [-0.15, -0.1) is 0 Å². The molecular formula is C16H17ClN2O2. The molecule has 21 heavy (non-hydrogen) atoms. The molecule has 110 valence electrons. The maximum absolute atomic E-state index is 12.3. The number of methoxy groups -OCH3 is 1. The van der Waals surface area contributed by atoms with Gasteiger partial charge in [-0.05, 0) is 25.1 Å². The quantitative estimate of drug-likeness (QED) is 0.870. The summed E-state index contributed by atoms with van der Waals surface area (Å²) >= 11 is 5.78. The van der Waals surface area contributed by atoms with Crippen LogP contribution in [-0.2, 0) is 6.54 Å². The van der Waals surface area contributed by atoms with Crippen molar-refractivity contribution in [2.24, 2.45) is 0 Å². The minimum absolute atomic E-state index is 0.157. The van der Waals surface area contributed by atoms with Crippen LogP contribution in [0.2, 0.25) is 5.02 Å². The maximum atomic E-state index is 12.3. The molecule has 0 bridgehead atoms. The highest BCUT2D eigenvalue weighted by Gasteiger charge is 2.15. The highest BCUT2D eigenvalue weighted by molar-refractivity contribution is 6.30. The minimum Gasteiger partial charge on any atom is -0.496 e. The molecule has 0 aliphatic heterocycles.